The summed E-state index contributed by atoms with van der Waals surface area (Å²) in [7, 11) is 0. The van der Waals surface area contributed by atoms with Crippen molar-refractivity contribution in [1.82, 2.24) is 21.3 Å². The summed E-state index contributed by atoms with van der Waals surface area (Å²) in [5, 5.41) is 30.6. The van der Waals surface area contributed by atoms with Crippen LogP contribution in [0.5, 0.6) is 0 Å². The number of guanidine groups is 1. The largest absolute Gasteiger partial charge is 0.391 e. The monoisotopic (exact) mass is 650 g/mol. The second-order valence-electron chi connectivity index (χ2n) is 11.8. The van der Waals surface area contributed by atoms with Gasteiger partial charge < -0.3 is 15.5 Å². The van der Waals surface area contributed by atoms with E-state index in [9.17, 15) is 24.6 Å². The Bertz CT molecular complexity index is 1240. The topological polar surface area (TPSA) is 165 Å². The molecule has 11 heteroatoms. The summed E-state index contributed by atoms with van der Waals surface area (Å²) in [4.78, 5) is 46.8. The number of hydrogen-bond donors (Lipinski definition) is 6. The van der Waals surface area contributed by atoms with Crippen LogP contribution in [0.4, 0.5) is 0 Å². The molecule has 0 aromatic heterocycles. The lowest BCUT2D eigenvalue weighted by atomic mass is 10.0. The molecule has 0 aliphatic carbocycles. The van der Waals surface area contributed by atoms with E-state index in [1.807, 2.05) is 26.0 Å². The Hall–Kier alpha value is -3.93. The molecule has 2 rings (SSSR count). The van der Waals surface area contributed by atoms with Gasteiger partial charge in [-0.1, -0.05) is 93.7 Å². The van der Waals surface area contributed by atoms with Crippen LogP contribution >= 0.6 is 0 Å². The number of nitrogens with zero attached hydrogens (tertiary/aromatic N) is 2. The summed E-state index contributed by atoms with van der Waals surface area (Å²) in [5.74, 6) is -1.39. The number of aliphatic hydroxyl groups excluding tert-OH is 2. The fourth-order valence-electron chi connectivity index (χ4n) is 4.68. The normalized spacial score (nSPS) is 20.7. The van der Waals surface area contributed by atoms with E-state index in [0.717, 1.165) is 38.5 Å². The first kappa shape index (κ1) is 39.2. The maximum atomic E-state index is 13.0. The molecule has 0 spiro atoms. The third-order valence-electron chi connectivity index (χ3n) is 7.37. The van der Waals surface area contributed by atoms with Crippen molar-refractivity contribution in [3.05, 3.63) is 72.9 Å². The Labute approximate surface area is 279 Å². The Morgan fingerprint density at radius 2 is 1.40 bits per heavy atom. The molecule has 0 fully saturated rings. The van der Waals surface area contributed by atoms with Crippen LogP contribution < -0.4 is 21.3 Å². The zero-order valence-electron chi connectivity index (χ0n) is 28.3. The number of nitrogens with one attached hydrogen (secondary N) is 4. The minimum Gasteiger partial charge on any atom is -0.391 e. The van der Waals surface area contributed by atoms with Gasteiger partial charge in [0.05, 0.1) is 24.8 Å². The van der Waals surface area contributed by atoms with Crippen molar-refractivity contribution in [2.75, 3.05) is 6.54 Å². The Morgan fingerprint density at radius 3 is 1.91 bits per heavy atom. The fourth-order valence-corrected chi connectivity index (χ4v) is 4.68. The number of rotatable bonds is 19. The van der Waals surface area contributed by atoms with Crippen LogP contribution in [-0.4, -0.2) is 76.6 Å². The summed E-state index contributed by atoms with van der Waals surface area (Å²) in [5.41, 5.74) is 0. The summed E-state index contributed by atoms with van der Waals surface area (Å²) in [6.45, 7) is 7.33. The number of carbonyl (C=O) groups excluding carboxylic acids is 3. The first-order valence-corrected chi connectivity index (χ1v) is 16.7. The Morgan fingerprint density at radius 1 is 0.872 bits per heavy atom. The minimum absolute atomic E-state index is 0.0794. The lowest BCUT2D eigenvalue weighted by Gasteiger charge is -2.34. The molecule has 0 bridgehead atoms. The highest BCUT2D eigenvalue weighted by atomic mass is 16.3. The van der Waals surface area contributed by atoms with Crippen LogP contribution in [0, 0.1) is 5.92 Å². The molecule has 3 amide bonds. The number of amides is 3. The number of hydrogen-bond acceptors (Lipinski definition) is 8. The average Bonchev–Trinajstić information content (AvgIpc) is 3.04. The van der Waals surface area contributed by atoms with E-state index in [1.54, 1.807) is 0 Å². The molecular formula is C36H54N6O5. The maximum absolute atomic E-state index is 13.0. The number of aliphatic hydroxyl groups is 2. The highest BCUT2D eigenvalue weighted by molar-refractivity contribution is 6.22. The van der Waals surface area contributed by atoms with Crippen LogP contribution in [0.15, 0.2) is 82.9 Å². The van der Waals surface area contributed by atoms with Crippen LogP contribution in [-0.2, 0) is 14.4 Å². The van der Waals surface area contributed by atoms with E-state index in [4.69, 9.17) is 0 Å². The molecule has 0 aromatic carbocycles. The van der Waals surface area contributed by atoms with Gasteiger partial charge in [0.2, 0.25) is 17.8 Å². The SMILES string of the molecule is CC/C=C\C/C=C\C/C=C\C/C=C\C/C=C\C/C=C\CCC(=O)NC(C(=O)NC1=NC2=NC[C@H]([C@@H](O)[C@H](C)O)NC2C(=O)N1)C(C)C. The maximum Gasteiger partial charge on any atom is 0.251 e. The van der Waals surface area contributed by atoms with Crippen molar-refractivity contribution in [1.29, 1.82) is 0 Å². The van der Waals surface area contributed by atoms with Crippen molar-refractivity contribution < 1.29 is 24.6 Å². The van der Waals surface area contributed by atoms with Gasteiger partial charge >= 0.3 is 0 Å². The first-order valence-electron chi connectivity index (χ1n) is 16.7. The molecule has 0 aromatic rings. The van der Waals surface area contributed by atoms with Gasteiger partial charge in [0.15, 0.2) is 5.84 Å². The molecule has 258 valence electrons. The van der Waals surface area contributed by atoms with Crippen molar-refractivity contribution >= 4 is 29.5 Å². The number of aliphatic imine (C=N–C) groups is 2. The molecule has 2 aliphatic heterocycles. The quantitative estimate of drug-likeness (QED) is 0.117. The van der Waals surface area contributed by atoms with E-state index >= 15 is 0 Å². The van der Waals surface area contributed by atoms with E-state index in [-0.39, 0.29) is 36.6 Å². The average molecular weight is 651 g/mol. The molecule has 2 unspecified atom stereocenters. The molecule has 2 heterocycles. The zero-order valence-corrected chi connectivity index (χ0v) is 28.3. The van der Waals surface area contributed by atoms with Crippen LogP contribution in [0.2, 0.25) is 0 Å². The number of fused-ring (bicyclic) bond motifs is 1. The predicted octanol–water partition coefficient (Wildman–Crippen LogP) is 3.69. The molecule has 5 atom stereocenters. The fraction of sp³-hybridized carbons (Fsp3) is 0.528. The zero-order chi connectivity index (χ0) is 34.4. The van der Waals surface area contributed by atoms with E-state index in [1.165, 1.54) is 6.92 Å². The molecule has 11 nitrogen and oxygen atoms in total. The smallest absolute Gasteiger partial charge is 0.251 e. The standard InChI is InChI=1S/C36H54N6O5/c1-5-6-7-8-9-10-11-12-13-14-15-16-17-18-19-20-21-22-23-24-29(44)39-30(26(2)3)34(46)41-36-40-33-31(35(47)42-36)38-28(25-37-33)32(45)27(4)43/h6-7,9-10,12-13,15-16,18-19,21-22,26-28,30-32,38,43,45H,5,8,11,14,17,20,23-25H2,1-4H3,(H,39,44)(H2,37,40,41,42,46,47)/b7-6-,10-9-,13-12-,16-15-,19-18-,22-21-/t27-,28+,30?,31?,32-/m0/s1. The molecule has 47 heavy (non-hydrogen) atoms. The van der Waals surface area contributed by atoms with Crippen LogP contribution in [0.3, 0.4) is 0 Å². The van der Waals surface area contributed by atoms with Crippen LogP contribution in [0.25, 0.3) is 0 Å². The molecule has 2 aliphatic rings. The van der Waals surface area contributed by atoms with Crippen molar-refractivity contribution in [3.63, 3.8) is 0 Å². The molecule has 0 saturated heterocycles. The van der Waals surface area contributed by atoms with Gasteiger partial charge in [-0.25, -0.2) is 0 Å². The minimum atomic E-state index is -1.10. The summed E-state index contributed by atoms with van der Waals surface area (Å²) in [6.07, 6.45) is 29.9. The lowest BCUT2D eigenvalue weighted by Crippen LogP contribution is -2.65. The Kier molecular flexibility index (Phi) is 18.8. The van der Waals surface area contributed by atoms with E-state index in [0.29, 0.717) is 6.42 Å². The summed E-state index contributed by atoms with van der Waals surface area (Å²) < 4.78 is 0. The molecule has 0 saturated carbocycles. The van der Waals surface area contributed by atoms with Crippen LogP contribution in [0.1, 0.15) is 79.1 Å². The van der Waals surface area contributed by atoms with Crippen molar-refractivity contribution in [2.45, 2.75) is 109 Å². The second kappa shape index (κ2) is 22.6. The molecular weight excluding hydrogens is 596 g/mol. The third kappa shape index (κ3) is 15.5. The predicted molar refractivity (Wildman–Crippen MR) is 189 cm³/mol. The van der Waals surface area contributed by atoms with Crippen molar-refractivity contribution in [3.8, 4) is 0 Å². The highest BCUT2D eigenvalue weighted by Gasteiger charge is 2.38. The number of amidine groups is 1. The second-order valence-corrected chi connectivity index (χ2v) is 11.8. The first-order chi connectivity index (χ1) is 22.6. The van der Waals surface area contributed by atoms with Gasteiger partial charge in [-0.15, -0.1) is 0 Å². The van der Waals surface area contributed by atoms with Gasteiger partial charge in [0, 0.05) is 6.42 Å². The van der Waals surface area contributed by atoms with Gasteiger partial charge in [-0.3, -0.25) is 35.3 Å². The van der Waals surface area contributed by atoms with Gasteiger partial charge in [0.25, 0.3) is 5.91 Å². The summed E-state index contributed by atoms with van der Waals surface area (Å²) in [6, 6.07) is -2.37. The van der Waals surface area contributed by atoms with Gasteiger partial charge in [0.1, 0.15) is 12.1 Å². The number of allylic oxidation sites excluding steroid dienone is 12. The van der Waals surface area contributed by atoms with E-state index < -0.39 is 42.1 Å². The number of carbonyl (C=O) groups is 3. The lowest BCUT2D eigenvalue weighted by molar-refractivity contribution is -0.129. The van der Waals surface area contributed by atoms with Gasteiger partial charge in [-0.2, -0.15) is 4.99 Å². The third-order valence-corrected chi connectivity index (χ3v) is 7.37. The Balaban J connectivity index is 1.68. The molecule has 0 radical (unpaired) electrons. The van der Waals surface area contributed by atoms with E-state index in [2.05, 4.69) is 98.9 Å². The molecule has 6 N–H and O–H groups in total. The van der Waals surface area contributed by atoms with Crippen molar-refractivity contribution in [2.24, 2.45) is 15.9 Å². The summed E-state index contributed by atoms with van der Waals surface area (Å²) >= 11 is 0. The van der Waals surface area contributed by atoms with Gasteiger partial charge in [-0.05, 0) is 57.8 Å². The highest BCUT2D eigenvalue weighted by Crippen LogP contribution is 2.12.